The van der Waals surface area contributed by atoms with Gasteiger partial charge in [-0.15, -0.1) is 0 Å². The zero-order chi connectivity index (χ0) is 19.2. The van der Waals surface area contributed by atoms with Crippen molar-refractivity contribution in [2.45, 2.75) is 39.0 Å². The zero-order valence-corrected chi connectivity index (χ0v) is 15.7. The SMILES string of the molecule is CC(=O)NCCCOC(=O)/C(C#N)=C/c1cc2c3c(c1)CCCN3CCC2. The van der Waals surface area contributed by atoms with Gasteiger partial charge in [0, 0.05) is 32.2 Å². The van der Waals surface area contributed by atoms with Gasteiger partial charge in [0.15, 0.2) is 0 Å². The fourth-order valence-electron chi connectivity index (χ4n) is 3.80. The van der Waals surface area contributed by atoms with Crippen molar-refractivity contribution in [3.63, 3.8) is 0 Å². The topological polar surface area (TPSA) is 82.4 Å². The van der Waals surface area contributed by atoms with E-state index in [1.807, 2.05) is 6.07 Å². The Kier molecular flexibility index (Phi) is 6.12. The molecule has 27 heavy (non-hydrogen) atoms. The van der Waals surface area contributed by atoms with Gasteiger partial charge in [-0.2, -0.15) is 5.26 Å². The third-order valence-corrected chi connectivity index (χ3v) is 4.93. The number of anilines is 1. The lowest BCUT2D eigenvalue weighted by Gasteiger charge is -2.37. The number of rotatable bonds is 6. The first-order valence-corrected chi connectivity index (χ1v) is 9.52. The summed E-state index contributed by atoms with van der Waals surface area (Å²) in [7, 11) is 0. The van der Waals surface area contributed by atoms with E-state index in [1.54, 1.807) is 6.08 Å². The molecule has 1 N–H and O–H groups in total. The molecule has 142 valence electrons. The fraction of sp³-hybridized carbons (Fsp3) is 0.476. The van der Waals surface area contributed by atoms with Gasteiger partial charge in [0.2, 0.25) is 5.91 Å². The minimum atomic E-state index is -0.617. The third kappa shape index (κ3) is 4.68. The number of amides is 1. The summed E-state index contributed by atoms with van der Waals surface area (Å²) in [6.45, 7) is 4.28. The maximum atomic E-state index is 12.2. The summed E-state index contributed by atoms with van der Waals surface area (Å²) in [5.74, 6) is -0.734. The van der Waals surface area contributed by atoms with Crippen LogP contribution in [0.3, 0.4) is 0 Å². The van der Waals surface area contributed by atoms with E-state index in [1.165, 1.54) is 23.7 Å². The van der Waals surface area contributed by atoms with Crippen LogP contribution in [0.15, 0.2) is 17.7 Å². The first-order valence-electron chi connectivity index (χ1n) is 9.52. The van der Waals surface area contributed by atoms with E-state index in [-0.39, 0.29) is 18.1 Å². The van der Waals surface area contributed by atoms with E-state index in [0.29, 0.717) is 13.0 Å². The van der Waals surface area contributed by atoms with Gasteiger partial charge in [0.05, 0.1) is 6.61 Å². The van der Waals surface area contributed by atoms with Crippen molar-refractivity contribution in [3.8, 4) is 6.07 Å². The lowest BCUT2D eigenvalue weighted by molar-refractivity contribution is -0.138. The van der Waals surface area contributed by atoms with E-state index in [4.69, 9.17) is 4.74 Å². The minimum Gasteiger partial charge on any atom is -0.462 e. The normalized spacial score (nSPS) is 15.6. The molecule has 6 nitrogen and oxygen atoms in total. The highest BCUT2D eigenvalue weighted by Gasteiger charge is 2.24. The third-order valence-electron chi connectivity index (χ3n) is 4.93. The molecule has 1 amide bonds. The Bertz CT molecular complexity index is 776. The first-order chi connectivity index (χ1) is 13.1. The first kappa shape index (κ1) is 19.0. The van der Waals surface area contributed by atoms with E-state index in [2.05, 4.69) is 22.3 Å². The molecule has 6 heteroatoms. The molecule has 1 aromatic rings. The fourth-order valence-corrected chi connectivity index (χ4v) is 3.80. The molecule has 0 unspecified atom stereocenters. The molecule has 0 saturated carbocycles. The average Bonchev–Trinajstić information content (AvgIpc) is 2.66. The maximum absolute atomic E-state index is 12.2. The molecular weight excluding hydrogens is 342 g/mol. The van der Waals surface area contributed by atoms with Crippen LogP contribution in [0.1, 0.15) is 42.9 Å². The van der Waals surface area contributed by atoms with Gasteiger partial charge in [0.25, 0.3) is 0 Å². The molecule has 2 aliphatic heterocycles. The maximum Gasteiger partial charge on any atom is 0.348 e. The standard InChI is InChI=1S/C21H25N3O3/c1-15(25)23-7-4-10-27-21(26)19(14-22)13-16-11-17-5-2-8-24-9-3-6-18(12-16)20(17)24/h11-13H,2-10H2,1H3,(H,23,25)/b19-13+. The molecule has 2 aliphatic rings. The highest BCUT2D eigenvalue weighted by atomic mass is 16.5. The summed E-state index contributed by atoms with van der Waals surface area (Å²) in [4.78, 5) is 25.4. The second-order valence-corrected chi connectivity index (χ2v) is 7.02. The summed E-state index contributed by atoms with van der Waals surface area (Å²) in [6.07, 6.45) is 6.50. The van der Waals surface area contributed by atoms with Crippen LogP contribution < -0.4 is 10.2 Å². The summed E-state index contributed by atoms with van der Waals surface area (Å²) in [5.41, 5.74) is 4.88. The monoisotopic (exact) mass is 367 g/mol. The van der Waals surface area contributed by atoms with Crippen molar-refractivity contribution in [1.82, 2.24) is 5.32 Å². The van der Waals surface area contributed by atoms with E-state index in [0.717, 1.165) is 44.3 Å². The van der Waals surface area contributed by atoms with Crippen LogP contribution in [0.4, 0.5) is 5.69 Å². The highest BCUT2D eigenvalue weighted by Crippen LogP contribution is 2.36. The molecule has 3 rings (SSSR count). The van der Waals surface area contributed by atoms with Crippen LogP contribution in [0.25, 0.3) is 6.08 Å². The van der Waals surface area contributed by atoms with Gasteiger partial charge in [-0.1, -0.05) is 0 Å². The second-order valence-electron chi connectivity index (χ2n) is 7.02. The molecular formula is C21H25N3O3. The van der Waals surface area contributed by atoms with Crippen molar-refractivity contribution in [2.75, 3.05) is 31.1 Å². The van der Waals surface area contributed by atoms with Crippen molar-refractivity contribution in [2.24, 2.45) is 0 Å². The molecule has 1 aromatic carbocycles. The summed E-state index contributed by atoms with van der Waals surface area (Å²) in [5, 5.41) is 12.0. The number of hydrogen-bond donors (Lipinski definition) is 1. The lowest BCUT2D eigenvalue weighted by Crippen LogP contribution is -2.34. The van der Waals surface area contributed by atoms with Crippen LogP contribution in [-0.2, 0) is 27.2 Å². The molecule has 0 atom stereocenters. The second kappa shape index (κ2) is 8.72. The molecule has 2 heterocycles. The average molecular weight is 367 g/mol. The van der Waals surface area contributed by atoms with Crippen LogP contribution in [0.5, 0.6) is 0 Å². The Morgan fingerprint density at radius 2 is 1.93 bits per heavy atom. The number of nitrogens with zero attached hydrogens (tertiary/aromatic N) is 2. The number of carbonyl (C=O) groups excluding carboxylic acids is 2. The Morgan fingerprint density at radius 1 is 1.26 bits per heavy atom. The highest BCUT2D eigenvalue weighted by molar-refractivity contribution is 5.98. The van der Waals surface area contributed by atoms with Crippen LogP contribution >= 0.6 is 0 Å². The molecule has 0 saturated heterocycles. The lowest BCUT2D eigenvalue weighted by atomic mass is 9.90. The van der Waals surface area contributed by atoms with Gasteiger partial charge < -0.3 is 15.0 Å². The molecule has 0 fully saturated rings. The number of aryl methyl sites for hydroxylation is 2. The van der Waals surface area contributed by atoms with Gasteiger partial charge in [-0.05, 0) is 67.0 Å². The van der Waals surface area contributed by atoms with Crippen LogP contribution in [0.2, 0.25) is 0 Å². The number of hydrogen-bond acceptors (Lipinski definition) is 5. The predicted molar refractivity (Wildman–Crippen MR) is 103 cm³/mol. The van der Waals surface area contributed by atoms with Crippen molar-refractivity contribution >= 4 is 23.6 Å². The Labute approximate surface area is 159 Å². The number of benzene rings is 1. The van der Waals surface area contributed by atoms with E-state index >= 15 is 0 Å². The Morgan fingerprint density at radius 3 is 2.52 bits per heavy atom. The molecule has 0 bridgehead atoms. The predicted octanol–water partition coefficient (Wildman–Crippen LogP) is 2.36. The number of nitriles is 1. The molecule has 0 spiro atoms. The van der Waals surface area contributed by atoms with Crippen LogP contribution in [-0.4, -0.2) is 38.1 Å². The molecule has 0 aliphatic carbocycles. The Balaban J connectivity index is 1.70. The number of carbonyl (C=O) groups is 2. The Hall–Kier alpha value is -2.81. The molecule has 0 radical (unpaired) electrons. The summed E-state index contributed by atoms with van der Waals surface area (Å²) < 4.78 is 5.16. The van der Waals surface area contributed by atoms with Gasteiger partial charge >= 0.3 is 5.97 Å². The van der Waals surface area contributed by atoms with Gasteiger partial charge in [0.1, 0.15) is 11.6 Å². The van der Waals surface area contributed by atoms with Crippen molar-refractivity contribution in [3.05, 3.63) is 34.4 Å². The summed E-state index contributed by atoms with van der Waals surface area (Å²) in [6, 6.07) is 6.15. The molecule has 0 aromatic heterocycles. The van der Waals surface area contributed by atoms with Crippen molar-refractivity contribution < 1.29 is 14.3 Å². The van der Waals surface area contributed by atoms with E-state index < -0.39 is 5.97 Å². The van der Waals surface area contributed by atoms with Crippen LogP contribution in [0, 0.1) is 11.3 Å². The van der Waals surface area contributed by atoms with E-state index in [9.17, 15) is 14.9 Å². The van der Waals surface area contributed by atoms with Crippen molar-refractivity contribution in [1.29, 1.82) is 5.26 Å². The number of ether oxygens (including phenoxy) is 1. The smallest absolute Gasteiger partial charge is 0.348 e. The number of nitrogens with one attached hydrogen (secondary N) is 1. The van der Waals surface area contributed by atoms with Gasteiger partial charge in [-0.3, -0.25) is 4.79 Å². The summed E-state index contributed by atoms with van der Waals surface area (Å²) >= 11 is 0. The quantitative estimate of drug-likeness (QED) is 0.361. The minimum absolute atomic E-state index is 0.00477. The number of esters is 1. The zero-order valence-electron chi connectivity index (χ0n) is 15.7. The van der Waals surface area contributed by atoms with Gasteiger partial charge in [-0.25, -0.2) is 4.79 Å². The largest absolute Gasteiger partial charge is 0.462 e.